The predicted molar refractivity (Wildman–Crippen MR) is 83.7 cm³/mol. The molecule has 0 saturated heterocycles. The van der Waals surface area contributed by atoms with Crippen LogP contribution in [-0.2, 0) is 6.54 Å². The van der Waals surface area contributed by atoms with Crippen molar-refractivity contribution in [3.05, 3.63) is 77.6 Å². The molecule has 0 fully saturated rings. The first-order valence-electron chi connectivity index (χ1n) is 6.04. The van der Waals surface area contributed by atoms with E-state index in [1.165, 1.54) is 12.1 Å². The molecule has 2 rings (SSSR count). The van der Waals surface area contributed by atoms with Gasteiger partial charge in [0.25, 0.3) is 0 Å². The monoisotopic (exact) mass is 290 g/mol. The van der Waals surface area contributed by atoms with E-state index in [2.05, 4.69) is 5.32 Å². The first-order chi connectivity index (χ1) is 9.24. The Balaban J connectivity index is 0.00000200. The quantitative estimate of drug-likeness (QED) is 0.647. The summed E-state index contributed by atoms with van der Waals surface area (Å²) in [5.74, 6) is 0.0719. The molecule has 0 aromatic heterocycles. The van der Waals surface area contributed by atoms with E-state index in [0.717, 1.165) is 11.1 Å². The van der Waals surface area contributed by atoms with Crippen LogP contribution in [0.2, 0.25) is 0 Å². The van der Waals surface area contributed by atoms with Crippen LogP contribution in [0.15, 0.2) is 60.7 Å². The molecule has 2 aromatic carbocycles. The molecule has 0 amide bonds. The first-order valence-corrected chi connectivity index (χ1v) is 6.04. The van der Waals surface area contributed by atoms with E-state index in [1.54, 1.807) is 24.3 Å². The molecular formula is C16H16ClFN2. The van der Waals surface area contributed by atoms with Crippen molar-refractivity contribution in [3.63, 3.8) is 0 Å². The van der Waals surface area contributed by atoms with Crippen LogP contribution in [0.3, 0.4) is 0 Å². The van der Waals surface area contributed by atoms with Crippen LogP contribution in [0.5, 0.6) is 0 Å². The number of benzene rings is 2. The molecule has 0 radical (unpaired) electrons. The Kier molecular flexibility index (Phi) is 6.47. The molecule has 0 aliphatic rings. The molecule has 0 heterocycles. The zero-order chi connectivity index (χ0) is 13.5. The minimum atomic E-state index is -0.255. The van der Waals surface area contributed by atoms with Crippen LogP contribution in [-0.4, -0.2) is 5.84 Å². The molecule has 2 nitrogen and oxygen atoms in total. The Morgan fingerprint density at radius 1 is 1.05 bits per heavy atom. The lowest BCUT2D eigenvalue weighted by Crippen LogP contribution is -2.19. The van der Waals surface area contributed by atoms with Crippen molar-refractivity contribution in [2.75, 3.05) is 0 Å². The van der Waals surface area contributed by atoms with Crippen molar-refractivity contribution < 1.29 is 4.39 Å². The van der Waals surface area contributed by atoms with Gasteiger partial charge in [0, 0.05) is 6.54 Å². The summed E-state index contributed by atoms with van der Waals surface area (Å²) < 4.78 is 12.7. The van der Waals surface area contributed by atoms with Crippen molar-refractivity contribution >= 4 is 24.3 Å². The van der Waals surface area contributed by atoms with Crippen molar-refractivity contribution in [1.82, 2.24) is 5.32 Å². The summed E-state index contributed by atoms with van der Waals surface area (Å²) in [6, 6.07) is 16.1. The molecule has 2 aromatic rings. The highest BCUT2D eigenvalue weighted by molar-refractivity contribution is 5.93. The third kappa shape index (κ3) is 5.24. The number of rotatable bonds is 4. The van der Waals surface area contributed by atoms with Gasteiger partial charge in [0.2, 0.25) is 0 Å². The number of hydrogen-bond donors (Lipinski definition) is 2. The third-order valence-corrected chi connectivity index (χ3v) is 2.64. The van der Waals surface area contributed by atoms with Crippen LogP contribution in [0, 0.1) is 11.2 Å². The summed E-state index contributed by atoms with van der Waals surface area (Å²) in [4.78, 5) is 0. The van der Waals surface area contributed by atoms with Crippen LogP contribution >= 0.6 is 12.4 Å². The van der Waals surface area contributed by atoms with Gasteiger partial charge >= 0.3 is 0 Å². The molecule has 0 saturated carbocycles. The smallest absolute Gasteiger partial charge is 0.123 e. The topological polar surface area (TPSA) is 35.9 Å². The third-order valence-electron chi connectivity index (χ3n) is 2.64. The van der Waals surface area contributed by atoms with E-state index in [-0.39, 0.29) is 18.2 Å². The highest BCUT2D eigenvalue weighted by atomic mass is 35.5. The summed E-state index contributed by atoms with van der Waals surface area (Å²) in [7, 11) is 0. The zero-order valence-electron chi connectivity index (χ0n) is 10.8. The second kappa shape index (κ2) is 8.12. The second-order valence-corrected chi connectivity index (χ2v) is 4.14. The highest BCUT2D eigenvalue weighted by Gasteiger charge is 1.93. The Bertz CT molecular complexity index is 565. The Hall–Kier alpha value is -2.13. The molecule has 2 N–H and O–H groups in total. The highest BCUT2D eigenvalue weighted by Crippen LogP contribution is 2.04. The van der Waals surface area contributed by atoms with Gasteiger partial charge in [-0.2, -0.15) is 0 Å². The van der Waals surface area contributed by atoms with Crippen molar-refractivity contribution in [3.8, 4) is 0 Å². The largest absolute Gasteiger partial charge is 0.366 e. The number of halogens is 2. The van der Waals surface area contributed by atoms with Gasteiger partial charge in [-0.25, -0.2) is 4.39 Å². The fourth-order valence-corrected chi connectivity index (χ4v) is 1.61. The van der Waals surface area contributed by atoms with Gasteiger partial charge in [0.1, 0.15) is 11.7 Å². The summed E-state index contributed by atoms with van der Waals surface area (Å²) in [5, 5.41) is 10.8. The van der Waals surface area contributed by atoms with E-state index >= 15 is 0 Å². The lowest BCUT2D eigenvalue weighted by Gasteiger charge is -2.04. The maximum absolute atomic E-state index is 12.7. The number of nitrogens with one attached hydrogen (secondary N) is 2. The average molecular weight is 291 g/mol. The average Bonchev–Trinajstić information content (AvgIpc) is 2.45. The van der Waals surface area contributed by atoms with Crippen LogP contribution in [0.1, 0.15) is 11.1 Å². The summed E-state index contributed by atoms with van der Waals surface area (Å²) >= 11 is 0. The molecule has 20 heavy (non-hydrogen) atoms. The van der Waals surface area contributed by atoms with Crippen LogP contribution in [0.4, 0.5) is 4.39 Å². The molecular weight excluding hydrogens is 275 g/mol. The lowest BCUT2D eigenvalue weighted by atomic mass is 10.2. The molecule has 4 heteroatoms. The first kappa shape index (κ1) is 15.9. The summed E-state index contributed by atoms with van der Waals surface area (Å²) in [5.41, 5.74) is 2.00. The van der Waals surface area contributed by atoms with E-state index in [0.29, 0.717) is 12.4 Å². The fourth-order valence-electron chi connectivity index (χ4n) is 1.61. The van der Waals surface area contributed by atoms with E-state index < -0.39 is 0 Å². The number of amidine groups is 1. The Morgan fingerprint density at radius 2 is 1.70 bits per heavy atom. The van der Waals surface area contributed by atoms with Gasteiger partial charge in [-0.1, -0.05) is 48.5 Å². The molecule has 0 aliphatic carbocycles. The lowest BCUT2D eigenvalue weighted by molar-refractivity contribution is 0.628. The van der Waals surface area contributed by atoms with E-state index in [1.807, 2.05) is 30.3 Å². The Morgan fingerprint density at radius 3 is 2.35 bits per heavy atom. The zero-order valence-corrected chi connectivity index (χ0v) is 11.7. The SMILES string of the molecule is Cl.N=C(/C=C/c1ccc(F)cc1)NCc1ccccc1. The molecule has 0 unspecified atom stereocenters. The minimum Gasteiger partial charge on any atom is -0.366 e. The standard InChI is InChI=1S/C16H15FN2.ClH/c17-15-9-6-13(7-10-15)8-11-16(18)19-12-14-4-2-1-3-5-14;/h1-11H,12H2,(H2,18,19);1H/b11-8+;. The van der Waals surface area contributed by atoms with E-state index in [4.69, 9.17) is 5.41 Å². The van der Waals surface area contributed by atoms with Gasteiger partial charge in [0.05, 0.1) is 0 Å². The normalized spacial score (nSPS) is 10.1. The second-order valence-electron chi connectivity index (χ2n) is 4.14. The van der Waals surface area contributed by atoms with Gasteiger partial charge in [0.15, 0.2) is 0 Å². The maximum atomic E-state index is 12.7. The Labute approximate surface area is 124 Å². The summed E-state index contributed by atoms with van der Waals surface area (Å²) in [6.07, 6.45) is 3.44. The maximum Gasteiger partial charge on any atom is 0.123 e. The van der Waals surface area contributed by atoms with Crippen molar-refractivity contribution in [2.24, 2.45) is 0 Å². The van der Waals surface area contributed by atoms with E-state index in [9.17, 15) is 4.39 Å². The van der Waals surface area contributed by atoms with Crippen molar-refractivity contribution in [2.45, 2.75) is 6.54 Å². The van der Waals surface area contributed by atoms with Crippen molar-refractivity contribution in [1.29, 1.82) is 5.41 Å². The van der Waals surface area contributed by atoms with Gasteiger partial charge in [-0.15, -0.1) is 12.4 Å². The molecule has 0 aliphatic heterocycles. The van der Waals surface area contributed by atoms with Crippen LogP contribution in [0.25, 0.3) is 6.08 Å². The summed E-state index contributed by atoms with van der Waals surface area (Å²) in [6.45, 7) is 0.618. The van der Waals surface area contributed by atoms with Gasteiger partial charge in [-0.05, 0) is 29.3 Å². The number of hydrogen-bond acceptors (Lipinski definition) is 1. The predicted octanol–water partition coefficient (Wildman–Crippen LogP) is 4.03. The molecule has 104 valence electrons. The molecule has 0 spiro atoms. The minimum absolute atomic E-state index is 0. The van der Waals surface area contributed by atoms with Crippen LogP contribution < -0.4 is 5.32 Å². The molecule has 0 bridgehead atoms. The molecule has 0 atom stereocenters. The van der Waals surface area contributed by atoms with Gasteiger partial charge in [-0.3, -0.25) is 5.41 Å². The fraction of sp³-hybridized carbons (Fsp3) is 0.0625. The van der Waals surface area contributed by atoms with Gasteiger partial charge < -0.3 is 5.32 Å².